The Morgan fingerprint density at radius 2 is 0.724 bits per heavy atom. The van der Waals surface area contributed by atoms with E-state index in [4.69, 9.17) is 14.2 Å². The second kappa shape index (κ2) is 17.8. The Bertz CT molecular complexity index is 712. The molecular weight excluding hydrogens is 464 g/mol. The van der Waals surface area contributed by atoms with Crippen LogP contribution in [-0.2, 0) is 0 Å². The molecular formula is C21H29Cl2O3P3. The molecule has 0 spiro atoms. The fourth-order valence-electron chi connectivity index (χ4n) is 1.92. The lowest BCUT2D eigenvalue weighted by molar-refractivity contribution is 0.415. The number of ether oxygens (including phenoxy) is 3. The Hall–Kier alpha value is -1.07. The molecule has 3 nitrogen and oxygen atoms in total. The lowest BCUT2D eigenvalue weighted by Crippen LogP contribution is -1.90. The van der Waals surface area contributed by atoms with E-state index < -0.39 is 0 Å². The molecule has 0 amide bonds. The van der Waals surface area contributed by atoms with Gasteiger partial charge >= 0.3 is 0 Å². The third kappa shape index (κ3) is 13.7. The van der Waals surface area contributed by atoms with Crippen molar-refractivity contribution >= 4 is 68.4 Å². The molecule has 0 aliphatic heterocycles. The molecule has 0 radical (unpaired) electrons. The summed E-state index contributed by atoms with van der Waals surface area (Å²) >= 11 is 0. The molecule has 8 heteroatoms. The zero-order valence-corrected chi connectivity index (χ0v) is 21.8. The first-order valence-electron chi connectivity index (χ1n) is 8.17. The van der Waals surface area contributed by atoms with Gasteiger partial charge in [0.25, 0.3) is 0 Å². The van der Waals surface area contributed by atoms with Crippen LogP contribution in [0.3, 0.4) is 0 Å². The summed E-state index contributed by atoms with van der Waals surface area (Å²) in [6.07, 6.45) is 0. The molecule has 3 unspecified atom stereocenters. The van der Waals surface area contributed by atoms with Gasteiger partial charge in [0.1, 0.15) is 17.2 Å². The molecule has 0 aliphatic carbocycles. The Balaban J connectivity index is 0. The molecule has 0 aliphatic rings. The first kappa shape index (κ1) is 30.1. The monoisotopic (exact) mass is 492 g/mol. The number of rotatable bonds is 3. The van der Waals surface area contributed by atoms with Crippen LogP contribution in [0.5, 0.6) is 17.2 Å². The van der Waals surface area contributed by atoms with Crippen LogP contribution in [0.1, 0.15) is 0 Å². The van der Waals surface area contributed by atoms with Gasteiger partial charge in [-0.15, -0.1) is 52.5 Å². The maximum Gasteiger partial charge on any atom is 0.119 e. The van der Waals surface area contributed by atoms with Crippen molar-refractivity contribution in [1.29, 1.82) is 0 Å². The van der Waals surface area contributed by atoms with Crippen LogP contribution < -0.4 is 30.1 Å². The second-order valence-electron chi connectivity index (χ2n) is 5.33. The van der Waals surface area contributed by atoms with E-state index in [2.05, 4.69) is 27.7 Å². The van der Waals surface area contributed by atoms with Crippen molar-refractivity contribution in [2.45, 2.75) is 0 Å². The number of hydrogen-bond acceptors (Lipinski definition) is 3. The zero-order valence-electron chi connectivity index (χ0n) is 16.7. The van der Waals surface area contributed by atoms with Gasteiger partial charge in [-0.25, -0.2) is 0 Å². The highest BCUT2D eigenvalue weighted by atomic mass is 35.5. The Labute approximate surface area is 193 Å². The molecule has 3 aromatic carbocycles. The average Bonchev–Trinajstić information content (AvgIpc) is 2.69. The highest BCUT2D eigenvalue weighted by molar-refractivity contribution is 7.27. The Morgan fingerprint density at radius 1 is 0.483 bits per heavy atom. The van der Waals surface area contributed by atoms with E-state index >= 15 is 0 Å². The van der Waals surface area contributed by atoms with Gasteiger partial charge in [0.05, 0.1) is 21.3 Å². The molecule has 0 bridgehead atoms. The topological polar surface area (TPSA) is 27.7 Å². The van der Waals surface area contributed by atoms with E-state index in [9.17, 15) is 0 Å². The standard InChI is InChI=1S/3C7H9OP.2ClH/c3*1-8-6-3-2-4-7(9)5-6;;/h3*2-5H,9H2,1H3;2*1H. The van der Waals surface area contributed by atoms with E-state index in [1.165, 1.54) is 0 Å². The minimum absolute atomic E-state index is 0. The summed E-state index contributed by atoms with van der Waals surface area (Å²) < 4.78 is 14.9. The van der Waals surface area contributed by atoms with E-state index in [1.54, 1.807) is 21.3 Å². The summed E-state index contributed by atoms with van der Waals surface area (Å²) in [5.74, 6) is 2.72. The van der Waals surface area contributed by atoms with E-state index in [0.29, 0.717) is 0 Å². The predicted molar refractivity (Wildman–Crippen MR) is 142 cm³/mol. The van der Waals surface area contributed by atoms with Crippen LogP contribution in [0.15, 0.2) is 72.8 Å². The lowest BCUT2D eigenvalue weighted by atomic mass is 10.3. The molecule has 3 aromatic rings. The van der Waals surface area contributed by atoms with Crippen molar-refractivity contribution in [3.05, 3.63) is 72.8 Å². The second-order valence-corrected chi connectivity index (χ2v) is 7.33. The fourth-order valence-corrected chi connectivity index (χ4v) is 2.75. The summed E-state index contributed by atoms with van der Waals surface area (Å²) in [7, 11) is 12.8. The summed E-state index contributed by atoms with van der Waals surface area (Å²) in [5, 5.41) is 3.44. The van der Waals surface area contributed by atoms with Crippen LogP contribution in [0, 0.1) is 0 Å². The van der Waals surface area contributed by atoms with Crippen LogP contribution >= 0.6 is 52.5 Å². The third-order valence-corrected chi connectivity index (χ3v) is 4.36. The summed E-state index contributed by atoms with van der Waals surface area (Å²) in [5.41, 5.74) is 0. The predicted octanol–water partition coefficient (Wildman–Crippen LogP) is 4.43. The molecule has 0 fully saturated rings. The van der Waals surface area contributed by atoms with Crippen molar-refractivity contribution < 1.29 is 14.2 Å². The molecule has 29 heavy (non-hydrogen) atoms. The van der Waals surface area contributed by atoms with Crippen LogP contribution in [0.25, 0.3) is 0 Å². The molecule has 0 saturated heterocycles. The number of hydrogen-bond donors (Lipinski definition) is 0. The first-order chi connectivity index (χ1) is 13.0. The average molecular weight is 493 g/mol. The minimum Gasteiger partial charge on any atom is -0.497 e. The normalized spacial score (nSPS) is 8.48. The molecule has 0 saturated carbocycles. The number of halogens is 2. The summed E-state index contributed by atoms with van der Waals surface area (Å²) in [6, 6.07) is 23.6. The lowest BCUT2D eigenvalue weighted by Gasteiger charge is -1.97. The van der Waals surface area contributed by atoms with E-state index in [-0.39, 0.29) is 24.8 Å². The quantitative estimate of drug-likeness (QED) is 0.506. The third-order valence-electron chi connectivity index (χ3n) is 3.28. The molecule has 0 N–H and O–H groups in total. The van der Waals surface area contributed by atoms with Crippen LogP contribution in [0.2, 0.25) is 0 Å². The smallest absolute Gasteiger partial charge is 0.119 e. The van der Waals surface area contributed by atoms with E-state index in [1.807, 2.05) is 72.8 Å². The number of methoxy groups -OCH3 is 3. The van der Waals surface area contributed by atoms with Gasteiger partial charge < -0.3 is 14.2 Å². The van der Waals surface area contributed by atoms with Crippen LogP contribution in [-0.4, -0.2) is 21.3 Å². The minimum atomic E-state index is 0. The van der Waals surface area contributed by atoms with E-state index in [0.717, 1.165) is 33.2 Å². The van der Waals surface area contributed by atoms with Gasteiger partial charge in [-0.2, -0.15) is 0 Å². The van der Waals surface area contributed by atoms with Crippen molar-refractivity contribution in [3.8, 4) is 17.2 Å². The molecule has 0 heterocycles. The Kier molecular flexibility index (Phi) is 18.4. The first-order valence-corrected chi connectivity index (χ1v) is 9.90. The molecule has 160 valence electrons. The molecule has 0 aromatic heterocycles. The van der Waals surface area contributed by atoms with Crippen molar-refractivity contribution in [2.75, 3.05) is 21.3 Å². The van der Waals surface area contributed by atoms with Crippen molar-refractivity contribution in [3.63, 3.8) is 0 Å². The maximum atomic E-state index is 4.98. The van der Waals surface area contributed by atoms with Gasteiger partial charge in [0, 0.05) is 0 Å². The van der Waals surface area contributed by atoms with Gasteiger partial charge in [0.2, 0.25) is 0 Å². The van der Waals surface area contributed by atoms with Gasteiger partial charge in [-0.05, 0) is 52.3 Å². The van der Waals surface area contributed by atoms with Crippen LogP contribution in [0.4, 0.5) is 0 Å². The van der Waals surface area contributed by atoms with Gasteiger partial charge in [-0.3, -0.25) is 0 Å². The molecule has 3 rings (SSSR count). The zero-order chi connectivity index (χ0) is 20.1. The number of benzene rings is 3. The molecule has 3 atom stereocenters. The highest BCUT2D eigenvalue weighted by Crippen LogP contribution is 2.08. The highest BCUT2D eigenvalue weighted by Gasteiger charge is 1.88. The van der Waals surface area contributed by atoms with Crippen molar-refractivity contribution in [1.82, 2.24) is 0 Å². The van der Waals surface area contributed by atoms with Crippen molar-refractivity contribution in [2.24, 2.45) is 0 Å². The van der Waals surface area contributed by atoms with Gasteiger partial charge in [-0.1, -0.05) is 36.4 Å². The van der Waals surface area contributed by atoms with Gasteiger partial charge in [0.15, 0.2) is 0 Å². The maximum absolute atomic E-state index is 4.98. The SMILES string of the molecule is COc1cccc(P)c1.COc1cccc(P)c1.COc1cccc(P)c1.Cl.Cl. The Morgan fingerprint density at radius 3 is 0.862 bits per heavy atom. The summed E-state index contributed by atoms with van der Waals surface area (Å²) in [6.45, 7) is 0. The largest absolute Gasteiger partial charge is 0.497 e. The fraction of sp³-hybridized carbons (Fsp3) is 0.143. The summed E-state index contributed by atoms with van der Waals surface area (Å²) in [4.78, 5) is 0.